The van der Waals surface area contributed by atoms with Crippen LogP contribution in [0.3, 0.4) is 0 Å². The monoisotopic (exact) mass is 282 g/mol. The summed E-state index contributed by atoms with van der Waals surface area (Å²) >= 11 is 0. The zero-order valence-corrected chi connectivity index (χ0v) is 12.1. The van der Waals surface area contributed by atoms with Crippen molar-refractivity contribution in [1.82, 2.24) is 5.32 Å². The van der Waals surface area contributed by atoms with E-state index in [9.17, 15) is 4.79 Å². The highest BCUT2D eigenvalue weighted by Crippen LogP contribution is 2.31. The van der Waals surface area contributed by atoms with Gasteiger partial charge in [-0.25, -0.2) is 0 Å². The third-order valence-corrected chi connectivity index (χ3v) is 4.15. The van der Waals surface area contributed by atoms with E-state index in [4.69, 9.17) is 10.5 Å². The maximum Gasteiger partial charge on any atom is 0.231 e. The first kappa shape index (κ1) is 15.0. The summed E-state index contributed by atoms with van der Waals surface area (Å²) < 4.78 is 0. The molecule has 0 bridgehead atoms. The number of nitrogens with one attached hydrogen (secondary N) is 2. The van der Waals surface area contributed by atoms with Gasteiger partial charge in [-0.2, -0.15) is 10.5 Å². The van der Waals surface area contributed by atoms with Gasteiger partial charge in [0.1, 0.15) is 12.1 Å². The molecule has 1 atom stereocenters. The van der Waals surface area contributed by atoms with Crippen LogP contribution in [0.15, 0.2) is 18.2 Å². The fraction of sp³-hybridized carbons (Fsp3) is 0.438. The van der Waals surface area contributed by atoms with E-state index in [0.717, 1.165) is 25.8 Å². The number of hydrogen-bond acceptors (Lipinski definition) is 4. The van der Waals surface area contributed by atoms with Gasteiger partial charge in [0.25, 0.3) is 0 Å². The van der Waals surface area contributed by atoms with Crippen LogP contribution in [-0.4, -0.2) is 19.0 Å². The molecule has 108 valence electrons. The molecule has 1 fully saturated rings. The molecule has 2 N–H and O–H groups in total. The SMILES string of the molecule is CCC1(C(=O)Nc2ccc(C#N)c(C#N)c2)CCCNC1. The van der Waals surface area contributed by atoms with Crippen molar-refractivity contribution in [1.29, 1.82) is 10.5 Å². The maximum absolute atomic E-state index is 12.6. The fourth-order valence-electron chi connectivity index (χ4n) is 2.70. The van der Waals surface area contributed by atoms with Crippen molar-refractivity contribution in [2.75, 3.05) is 18.4 Å². The molecular weight excluding hydrogens is 264 g/mol. The molecule has 1 aromatic rings. The van der Waals surface area contributed by atoms with Crippen LogP contribution in [0.4, 0.5) is 5.69 Å². The summed E-state index contributed by atoms with van der Waals surface area (Å²) in [6.07, 6.45) is 2.62. The third kappa shape index (κ3) is 3.04. The molecule has 0 aromatic heterocycles. The topological polar surface area (TPSA) is 88.7 Å². The van der Waals surface area contributed by atoms with E-state index in [1.54, 1.807) is 18.2 Å². The lowest BCUT2D eigenvalue weighted by Crippen LogP contribution is -2.47. The van der Waals surface area contributed by atoms with Crippen LogP contribution in [0.2, 0.25) is 0 Å². The summed E-state index contributed by atoms with van der Waals surface area (Å²) in [6.45, 7) is 3.65. The first-order chi connectivity index (χ1) is 10.1. The molecule has 1 amide bonds. The van der Waals surface area contributed by atoms with E-state index >= 15 is 0 Å². The number of piperidine rings is 1. The number of amides is 1. The molecule has 1 heterocycles. The van der Waals surface area contributed by atoms with Crippen molar-refractivity contribution in [2.24, 2.45) is 5.41 Å². The highest BCUT2D eigenvalue weighted by molar-refractivity contribution is 5.95. The zero-order valence-electron chi connectivity index (χ0n) is 12.1. The van der Waals surface area contributed by atoms with Crippen molar-refractivity contribution in [2.45, 2.75) is 26.2 Å². The molecule has 1 saturated heterocycles. The van der Waals surface area contributed by atoms with Gasteiger partial charge in [0.15, 0.2) is 0 Å². The number of anilines is 1. The smallest absolute Gasteiger partial charge is 0.231 e. The summed E-state index contributed by atoms with van der Waals surface area (Å²) in [6, 6.07) is 8.72. The standard InChI is InChI=1S/C16H18N4O/c1-2-16(6-3-7-19-11-16)15(21)20-14-5-4-12(9-17)13(8-14)10-18/h4-5,8,19H,2-3,6-7,11H2,1H3,(H,20,21). The van der Waals surface area contributed by atoms with Gasteiger partial charge in [-0.15, -0.1) is 0 Å². The van der Waals surface area contributed by atoms with Gasteiger partial charge in [-0.1, -0.05) is 6.92 Å². The van der Waals surface area contributed by atoms with Gasteiger partial charge in [0.05, 0.1) is 16.5 Å². The van der Waals surface area contributed by atoms with Crippen LogP contribution >= 0.6 is 0 Å². The number of hydrogen-bond donors (Lipinski definition) is 2. The summed E-state index contributed by atoms with van der Waals surface area (Å²) in [5.41, 5.74) is 0.774. The van der Waals surface area contributed by atoms with Crippen LogP contribution in [-0.2, 0) is 4.79 Å². The molecule has 21 heavy (non-hydrogen) atoms. The summed E-state index contributed by atoms with van der Waals surface area (Å²) in [5, 5.41) is 24.1. The average Bonchev–Trinajstić information content (AvgIpc) is 2.55. The fourth-order valence-corrected chi connectivity index (χ4v) is 2.70. The Bertz CT molecular complexity index is 618. The van der Waals surface area contributed by atoms with Gasteiger partial charge in [-0.3, -0.25) is 4.79 Å². The lowest BCUT2D eigenvalue weighted by molar-refractivity contribution is -0.126. The number of rotatable bonds is 3. The quantitative estimate of drug-likeness (QED) is 0.889. The lowest BCUT2D eigenvalue weighted by atomic mass is 9.77. The molecule has 1 aromatic carbocycles. The van der Waals surface area contributed by atoms with Crippen LogP contribution in [0.5, 0.6) is 0 Å². The van der Waals surface area contributed by atoms with E-state index in [1.807, 2.05) is 19.1 Å². The molecule has 5 nitrogen and oxygen atoms in total. The Balaban J connectivity index is 2.20. The molecular formula is C16H18N4O. The minimum absolute atomic E-state index is 0.0224. The second-order valence-corrected chi connectivity index (χ2v) is 5.35. The van der Waals surface area contributed by atoms with E-state index in [2.05, 4.69) is 10.6 Å². The van der Waals surface area contributed by atoms with Crippen molar-refractivity contribution >= 4 is 11.6 Å². The van der Waals surface area contributed by atoms with Crippen molar-refractivity contribution < 1.29 is 4.79 Å². The predicted octanol–water partition coefficient (Wildman–Crippen LogP) is 2.15. The summed E-state index contributed by atoms with van der Waals surface area (Å²) in [7, 11) is 0. The van der Waals surface area contributed by atoms with Crippen LogP contribution < -0.4 is 10.6 Å². The van der Waals surface area contributed by atoms with Crippen LogP contribution in [0, 0.1) is 28.1 Å². The molecule has 0 aliphatic carbocycles. The molecule has 1 aliphatic heterocycles. The number of benzene rings is 1. The Morgan fingerprint density at radius 1 is 1.38 bits per heavy atom. The van der Waals surface area contributed by atoms with Gasteiger partial charge in [0.2, 0.25) is 5.91 Å². The van der Waals surface area contributed by atoms with E-state index in [1.165, 1.54) is 0 Å². The summed E-state index contributed by atoms with van der Waals surface area (Å²) in [4.78, 5) is 12.6. The van der Waals surface area contributed by atoms with Gasteiger partial charge < -0.3 is 10.6 Å². The minimum atomic E-state index is -0.390. The Morgan fingerprint density at radius 2 is 2.14 bits per heavy atom. The van der Waals surface area contributed by atoms with E-state index < -0.39 is 0 Å². The molecule has 5 heteroatoms. The summed E-state index contributed by atoms with van der Waals surface area (Å²) in [5.74, 6) is -0.0224. The minimum Gasteiger partial charge on any atom is -0.326 e. The second-order valence-electron chi connectivity index (χ2n) is 5.35. The normalized spacial score (nSPS) is 21.1. The molecule has 0 radical (unpaired) electrons. The van der Waals surface area contributed by atoms with Crippen LogP contribution in [0.25, 0.3) is 0 Å². The number of carbonyl (C=O) groups excluding carboxylic acids is 1. The van der Waals surface area contributed by atoms with Crippen molar-refractivity contribution in [3.8, 4) is 12.1 Å². The highest BCUT2D eigenvalue weighted by atomic mass is 16.2. The average molecular weight is 282 g/mol. The Hall–Kier alpha value is -2.37. The number of nitrogens with zero attached hydrogens (tertiary/aromatic N) is 2. The van der Waals surface area contributed by atoms with Crippen molar-refractivity contribution in [3.63, 3.8) is 0 Å². The van der Waals surface area contributed by atoms with Crippen LogP contribution in [0.1, 0.15) is 37.3 Å². The Morgan fingerprint density at radius 3 is 2.71 bits per heavy atom. The van der Waals surface area contributed by atoms with Crippen molar-refractivity contribution in [3.05, 3.63) is 29.3 Å². The predicted molar refractivity (Wildman–Crippen MR) is 79.3 cm³/mol. The van der Waals surface area contributed by atoms with E-state index in [-0.39, 0.29) is 16.9 Å². The third-order valence-electron chi connectivity index (χ3n) is 4.15. The Labute approximate surface area is 124 Å². The molecule has 1 unspecified atom stereocenters. The van der Waals surface area contributed by atoms with Gasteiger partial charge >= 0.3 is 0 Å². The second kappa shape index (κ2) is 6.39. The van der Waals surface area contributed by atoms with Gasteiger partial charge in [-0.05, 0) is 44.0 Å². The highest BCUT2D eigenvalue weighted by Gasteiger charge is 2.37. The lowest BCUT2D eigenvalue weighted by Gasteiger charge is -2.35. The number of carbonyl (C=O) groups is 1. The molecule has 1 aliphatic rings. The molecule has 0 spiro atoms. The first-order valence-electron chi connectivity index (χ1n) is 7.11. The molecule has 2 rings (SSSR count). The first-order valence-corrected chi connectivity index (χ1v) is 7.11. The largest absolute Gasteiger partial charge is 0.326 e. The van der Waals surface area contributed by atoms with E-state index in [0.29, 0.717) is 17.8 Å². The molecule has 0 saturated carbocycles. The maximum atomic E-state index is 12.6. The zero-order chi connectivity index (χ0) is 15.3. The van der Waals surface area contributed by atoms with Gasteiger partial charge in [0, 0.05) is 12.2 Å². The number of nitriles is 2. The Kier molecular flexibility index (Phi) is 4.57.